The normalized spacial score (nSPS) is 11.5. The van der Waals surface area contributed by atoms with E-state index in [0.717, 1.165) is 10.8 Å². The SMILES string of the molecule is O=C(CCNS(=O)(=O)c1ccc2ccccc2c1)NCCn1ccnn1. The molecular weight excluding hydrogens is 354 g/mol. The van der Waals surface area contributed by atoms with Gasteiger partial charge in [-0.3, -0.25) is 9.48 Å². The lowest BCUT2D eigenvalue weighted by molar-refractivity contribution is -0.120. The van der Waals surface area contributed by atoms with Crippen LogP contribution in [-0.4, -0.2) is 42.4 Å². The minimum absolute atomic E-state index is 0.0321. The summed E-state index contributed by atoms with van der Waals surface area (Å²) in [5, 5.41) is 12.0. The number of carbonyl (C=O) groups is 1. The molecule has 0 aliphatic heterocycles. The number of hydrogen-bond donors (Lipinski definition) is 2. The lowest BCUT2D eigenvalue weighted by atomic mass is 10.1. The van der Waals surface area contributed by atoms with Crippen molar-refractivity contribution >= 4 is 26.7 Å². The Hall–Kier alpha value is -2.78. The van der Waals surface area contributed by atoms with Crippen molar-refractivity contribution in [3.8, 4) is 0 Å². The van der Waals surface area contributed by atoms with Gasteiger partial charge >= 0.3 is 0 Å². The van der Waals surface area contributed by atoms with Gasteiger partial charge in [0.1, 0.15) is 0 Å². The van der Waals surface area contributed by atoms with Crippen molar-refractivity contribution in [2.75, 3.05) is 13.1 Å². The smallest absolute Gasteiger partial charge is 0.240 e. The maximum Gasteiger partial charge on any atom is 0.240 e. The molecule has 1 heterocycles. The number of rotatable bonds is 8. The minimum atomic E-state index is -3.66. The molecule has 1 amide bonds. The van der Waals surface area contributed by atoms with E-state index in [1.165, 1.54) is 0 Å². The molecule has 1 aromatic heterocycles. The molecule has 9 heteroatoms. The monoisotopic (exact) mass is 373 g/mol. The topological polar surface area (TPSA) is 106 Å². The summed E-state index contributed by atoms with van der Waals surface area (Å²) in [7, 11) is -3.66. The number of sulfonamides is 1. The molecule has 0 aliphatic carbocycles. The van der Waals surface area contributed by atoms with E-state index in [1.54, 1.807) is 35.3 Å². The first-order chi connectivity index (χ1) is 12.5. The van der Waals surface area contributed by atoms with Crippen LogP contribution in [0.15, 0.2) is 59.8 Å². The summed E-state index contributed by atoms with van der Waals surface area (Å²) in [4.78, 5) is 12.0. The fourth-order valence-corrected chi connectivity index (χ4v) is 3.53. The highest BCUT2D eigenvalue weighted by molar-refractivity contribution is 7.89. The summed E-state index contributed by atoms with van der Waals surface area (Å²) in [6.07, 6.45) is 3.32. The highest BCUT2D eigenvalue weighted by atomic mass is 32.2. The van der Waals surface area contributed by atoms with E-state index < -0.39 is 10.0 Å². The number of carbonyl (C=O) groups excluding carboxylic acids is 1. The molecule has 26 heavy (non-hydrogen) atoms. The maximum absolute atomic E-state index is 12.4. The zero-order valence-corrected chi connectivity index (χ0v) is 14.8. The molecule has 0 saturated carbocycles. The first-order valence-corrected chi connectivity index (χ1v) is 9.62. The third kappa shape index (κ3) is 4.64. The predicted octanol–water partition coefficient (Wildman–Crippen LogP) is 0.916. The number of benzene rings is 2. The molecular formula is C17H19N5O3S. The van der Waals surface area contributed by atoms with E-state index in [9.17, 15) is 13.2 Å². The average molecular weight is 373 g/mol. The van der Waals surface area contributed by atoms with Crippen LogP contribution in [0.3, 0.4) is 0 Å². The number of fused-ring (bicyclic) bond motifs is 1. The minimum Gasteiger partial charge on any atom is -0.354 e. The van der Waals surface area contributed by atoms with E-state index in [0.29, 0.717) is 13.1 Å². The molecule has 136 valence electrons. The zero-order valence-electron chi connectivity index (χ0n) is 14.0. The highest BCUT2D eigenvalue weighted by Crippen LogP contribution is 2.18. The van der Waals surface area contributed by atoms with E-state index in [1.807, 2.05) is 24.3 Å². The fourth-order valence-electron chi connectivity index (χ4n) is 2.47. The van der Waals surface area contributed by atoms with Crippen molar-refractivity contribution < 1.29 is 13.2 Å². The Morgan fingerprint density at radius 3 is 2.65 bits per heavy atom. The summed E-state index contributed by atoms with van der Waals surface area (Å²) < 4.78 is 28.8. The van der Waals surface area contributed by atoms with Crippen molar-refractivity contribution in [3.63, 3.8) is 0 Å². The van der Waals surface area contributed by atoms with E-state index in [-0.39, 0.29) is 23.8 Å². The molecule has 0 unspecified atom stereocenters. The molecule has 0 bridgehead atoms. The van der Waals surface area contributed by atoms with Crippen LogP contribution in [0.1, 0.15) is 6.42 Å². The molecule has 2 aromatic carbocycles. The van der Waals surface area contributed by atoms with Gasteiger partial charge in [-0.1, -0.05) is 35.5 Å². The third-order valence-electron chi connectivity index (χ3n) is 3.81. The zero-order chi connectivity index (χ0) is 18.4. The van der Waals surface area contributed by atoms with Gasteiger partial charge in [0, 0.05) is 25.7 Å². The third-order valence-corrected chi connectivity index (χ3v) is 5.27. The summed E-state index contributed by atoms with van der Waals surface area (Å²) in [6.45, 7) is 0.943. The molecule has 0 spiro atoms. The standard InChI is InChI=1S/C17H19N5O3S/c23-17(18-9-11-22-12-10-19-21-22)7-8-20-26(24,25)16-6-5-14-3-1-2-4-15(14)13-16/h1-6,10,12-13,20H,7-9,11H2,(H,18,23). The molecule has 0 atom stereocenters. The van der Waals surface area contributed by atoms with E-state index in [2.05, 4.69) is 20.4 Å². The van der Waals surface area contributed by atoms with Gasteiger partial charge < -0.3 is 5.32 Å². The summed E-state index contributed by atoms with van der Waals surface area (Å²) >= 11 is 0. The Morgan fingerprint density at radius 1 is 1.08 bits per heavy atom. The Bertz CT molecular complexity index is 987. The van der Waals surface area contributed by atoms with E-state index in [4.69, 9.17) is 0 Å². The van der Waals surface area contributed by atoms with Crippen LogP contribution in [0.5, 0.6) is 0 Å². The van der Waals surface area contributed by atoms with Gasteiger partial charge in [-0.2, -0.15) is 0 Å². The Kier molecular flexibility index (Phi) is 5.59. The number of nitrogens with zero attached hydrogens (tertiary/aromatic N) is 3. The molecule has 3 aromatic rings. The molecule has 3 rings (SSSR count). The van der Waals surface area contributed by atoms with Crippen LogP contribution in [0.2, 0.25) is 0 Å². The van der Waals surface area contributed by atoms with Crippen molar-refractivity contribution in [3.05, 3.63) is 54.9 Å². The van der Waals surface area contributed by atoms with Gasteiger partial charge in [0.05, 0.1) is 17.6 Å². The fraction of sp³-hybridized carbons (Fsp3) is 0.235. The van der Waals surface area contributed by atoms with Gasteiger partial charge in [-0.25, -0.2) is 13.1 Å². The molecule has 0 radical (unpaired) electrons. The Balaban J connectivity index is 1.48. The molecule has 0 saturated heterocycles. The van der Waals surface area contributed by atoms with Crippen LogP contribution in [0, 0.1) is 0 Å². The molecule has 0 aliphatic rings. The van der Waals surface area contributed by atoms with Crippen molar-refractivity contribution in [2.24, 2.45) is 0 Å². The molecule has 2 N–H and O–H groups in total. The van der Waals surface area contributed by atoms with Crippen molar-refractivity contribution in [1.29, 1.82) is 0 Å². The Labute approximate surface area is 151 Å². The van der Waals surface area contributed by atoms with Crippen LogP contribution < -0.4 is 10.0 Å². The second-order valence-electron chi connectivity index (χ2n) is 5.67. The summed E-state index contributed by atoms with van der Waals surface area (Å²) in [5.41, 5.74) is 0. The van der Waals surface area contributed by atoms with Gasteiger partial charge in [0.25, 0.3) is 0 Å². The molecule has 0 fully saturated rings. The van der Waals surface area contributed by atoms with Crippen LogP contribution in [0.25, 0.3) is 10.8 Å². The van der Waals surface area contributed by atoms with Crippen molar-refractivity contribution in [1.82, 2.24) is 25.0 Å². The lowest BCUT2D eigenvalue weighted by Gasteiger charge is -2.08. The second-order valence-corrected chi connectivity index (χ2v) is 7.44. The predicted molar refractivity (Wildman–Crippen MR) is 96.8 cm³/mol. The van der Waals surface area contributed by atoms with E-state index >= 15 is 0 Å². The lowest BCUT2D eigenvalue weighted by Crippen LogP contribution is -2.32. The number of hydrogen-bond acceptors (Lipinski definition) is 5. The number of aromatic nitrogens is 3. The van der Waals surface area contributed by atoms with Crippen LogP contribution in [0.4, 0.5) is 0 Å². The van der Waals surface area contributed by atoms with Crippen LogP contribution >= 0.6 is 0 Å². The second kappa shape index (κ2) is 8.07. The van der Waals surface area contributed by atoms with Crippen LogP contribution in [-0.2, 0) is 21.4 Å². The van der Waals surface area contributed by atoms with Gasteiger partial charge in [0.15, 0.2) is 0 Å². The highest BCUT2D eigenvalue weighted by Gasteiger charge is 2.14. The Morgan fingerprint density at radius 2 is 1.88 bits per heavy atom. The summed E-state index contributed by atoms with van der Waals surface area (Å²) in [6, 6.07) is 12.5. The largest absolute Gasteiger partial charge is 0.354 e. The van der Waals surface area contributed by atoms with Gasteiger partial charge in [-0.05, 0) is 22.9 Å². The van der Waals surface area contributed by atoms with Crippen molar-refractivity contribution in [2.45, 2.75) is 17.9 Å². The van der Waals surface area contributed by atoms with Gasteiger partial charge in [0.2, 0.25) is 15.9 Å². The average Bonchev–Trinajstić information content (AvgIpc) is 3.14. The number of nitrogens with one attached hydrogen (secondary N) is 2. The maximum atomic E-state index is 12.4. The molecule has 8 nitrogen and oxygen atoms in total. The quantitative estimate of drug-likeness (QED) is 0.611. The van der Waals surface area contributed by atoms with Gasteiger partial charge in [-0.15, -0.1) is 5.10 Å². The first kappa shape index (κ1) is 18.0. The first-order valence-electron chi connectivity index (χ1n) is 8.14. The number of amides is 1. The summed E-state index contributed by atoms with van der Waals surface area (Å²) in [5.74, 6) is -0.230.